The molecule has 184 valence electrons. The highest BCUT2D eigenvalue weighted by Gasteiger charge is 1.92. The van der Waals surface area contributed by atoms with E-state index < -0.39 is 0 Å². The maximum Gasteiger partial charge on any atom is -0.0351 e. The molecule has 1 aliphatic carbocycles. The van der Waals surface area contributed by atoms with Crippen molar-refractivity contribution in [1.29, 1.82) is 0 Å². The molecule has 0 spiro atoms. The summed E-state index contributed by atoms with van der Waals surface area (Å²) < 4.78 is 0. The lowest BCUT2D eigenvalue weighted by Crippen LogP contribution is -1.80. The van der Waals surface area contributed by atoms with Crippen LogP contribution in [0.2, 0.25) is 0 Å². The van der Waals surface area contributed by atoms with Gasteiger partial charge in [-0.1, -0.05) is 100.0 Å². The molecule has 0 heteroatoms. The largest absolute Gasteiger partial charge is 0.0885 e. The van der Waals surface area contributed by atoms with Crippen molar-refractivity contribution in [2.75, 3.05) is 0 Å². The Bertz CT molecular complexity index is 464. The number of hydrogen-bond donors (Lipinski definition) is 0. The summed E-state index contributed by atoms with van der Waals surface area (Å²) in [6, 6.07) is 0. The van der Waals surface area contributed by atoms with Gasteiger partial charge < -0.3 is 0 Å². The van der Waals surface area contributed by atoms with Crippen molar-refractivity contribution < 1.29 is 0 Å². The van der Waals surface area contributed by atoms with Gasteiger partial charge in [0.25, 0.3) is 0 Å². The van der Waals surface area contributed by atoms with Crippen LogP contribution in [0.25, 0.3) is 0 Å². The van der Waals surface area contributed by atoms with Gasteiger partial charge in [-0.05, 0) is 103 Å². The third-order valence-corrected chi connectivity index (χ3v) is 6.63. The Morgan fingerprint density at radius 3 is 0.469 bits per heavy atom. The van der Waals surface area contributed by atoms with Gasteiger partial charge in [-0.3, -0.25) is 0 Å². The summed E-state index contributed by atoms with van der Waals surface area (Å²) in [4.78, 5) is 0. The summed E-state index contributed by atoms with van der Waals surface area (Å²) in [5, 5.41) is 0. The highest BCUT2D eigenvalue weighted by Crippen LogP contribution is 2.12. The van der Waals surface area contributed by atoms with E-state index in [0.29, 0.717) is 0 Å². The SMILES string of the molecule is C1=CCCCCCC/C=C/CCCCCC/C=C/CCCCCCC/C=C/CCCCC1. The van der Waals surface area contributed by atoms with Crippen molar-refractivity contribution in [3.05, 3.63) is 48.6 Å². The van der Waals surface area contributed by atoms with E-state index in [9.17, 15) is 0 Å². The van der Waals surface area contributed by atoms with Gasteiger partial charge in [0.05, 0.1) is 0 Å². The first-order valence-electron chi connectivity index (χ1n) is 14.6. The molecule has 0 heterocycles. The van der Waals surface area contributed by atoms with Gasteiger partial charge >= 0.3 is 0 Å². The van der Waals surface area contributed by atoms with Gasteiger partial charge in [-0.25, -0.2) is 0 Å². The molecule has 0 saturated carbocycles. The third-order valence-electron chi connectivity index (χ3n) is 6.63. The average Bonchev–Trinajstić information content (AvgIpc) is 2.80. The quantitative estimate of drug-likeness (QED) is 0.328. The summed E-state index contributed by atoms with van der Waals surface area (Å²) in [7, 11) is 0. The molecular weight excluding hydrogens is 384 g/mol. The molecule has 0 aromatic rings. The average molecular weight is 441 g/mol. The van der Waals surface area contributed by atoms with Crippen molar-refractivity contribution >= 4 is 0 Å². The standard InChI is InChI=1S/C32H56/c1-2-4-6-8-10-12-14-16-18-20-22-24-26-28-30-32-31-29-27-25-23-21-19-17-15-13-11-9-7-5-3-1/h1-2,13,15-16,18,31-32H,3-12,14,17,19-30H2/b2-1?,15-13+,18-16+,32-31+. The monoisotopic (exact) mass is 440 g/mol. The minimum Gasteiger partial charge on any atom is -0.0885 e. The molecular formula is C32H56. The number of allylic oxidation sites excluding steroid dienone is 8. The zero-order valence-electron chi connectivity index (χ0n) is 21.6. The van der Waals surface area contributed by atoms with E-state index in [-0.39, 0.29) is 0 Å². The Labute approximate surface area is 202 Å². The van der Waals surface area contributed by atoms with Gasteiger partial charge in [0, 0.05) is 0 Å². The van der Waals surface area contributed by atoms with Gasteiger partial charge in [0.1, 0.15) is 0 Å². The van der Waals surface area contributed by atoms with Crippen molar-refractivity contribution in [3.63, 3.8) is 0 Å². The number of hydrogen-bond acceptors (Lipinski definition) is 0. The second-order valence-electron chi connectivity index (χ2n) is 9.85. The van der Waals surface area contributed by atoms with E-state index in [0.717, 1.165) is 0 Å². The van der Waals surface area contributed by atoms with Crippen LogP contribution in [0.5, 0.6) is 0 Å². The highest BCUT2D eigenvalue weighted by atomic mass is 14.0. The van der Waals surface area contributed by atoms with Crippen molar-refractivity contribution in [1.82, 2.24) is 0 Å². The Morgan fingerprint density at radius 2 is 0.281 bits per heavy atom. The van der Waals surface area contributed by atoms with Gasteiger partial charge in [0.15, 0.2) is 0 Å². The smallest absolute Gasteiger partial charge is 0.0351 e. The molecule has 32 heavy (non-hydrogen) atoms. The molecule has 0 N–H and O–H groups in total. The first-order valence-corrected chi connectivity index (χ1v) is 14.6. The van der Waals surface area contributed by atoms with E-state index in [1.807, 2.05) is 0 Å². The van der Waals surface area contributed by atoms with Crippen molar-refractivity contribution in [2.45, 2.75) is 154 Å². The first-order chi connectivity index (χ1) is 16.0. The van der Waals surface area contributed by atoms with E-state index >= 15 is 0 Å². The van der Waals surface area contributed by atoms with Crippen LogP contribution >= 0.6 is 0 Å². The van der Waals surface area contributed by atoms with Crippen LogP contribution in [0.1, 0.15) is 154 Å². The molecule has 0 fully saturated rings. The van der Waals surface area contributed by atoms with Crippen LogP contribution in [-0.4, -0.2) is 0 Å². The summed E-state index contributed by atoms with van der Waals surface area (Å²) in [6.07, 6.45) is 52.0. The zero-order chi connectivity index (χ0) is 22.6. The molecule has 0 bridgehead atoms. The second-order valence-corrected chi connectivity index (χ2v) is 9.85. The molecule has 1 rings (SSSR count). The molecule has 0 aromatic carbocycles. The Morgan fingerprint density at radius 1 is 0.156 bits per heavy atom. The fraction of sp³-hybridized carbons (Fsp3) is 0.750. The van der Waals surface area contributed by atoms with Crippen LogP contribution in [0.4, 0.5) is 0 Å². The van der Waals surface area contributed by atoms with Gasteiger partial charge in [0.2, 0.25) is 0 Å². The summed E-state index contributed by atoms with van der Waals surface area (Å²) in [6.45, 7) is 0. The van der Waals surface area contributed by atoms with E-state index in [1.165, 1.54) is 154 Å². The molecule has 0 amide bonds. The van der Waals surface area contributed by atoms with Crippen LogP contribution < -0.4 is 0 Å². The topological polar surface area (TPSA) is 0 Å². The van der Waals surface area contributed by atoms with E-state index in [4.69, 9.17) is 0 Å². The maximum absolute atomic E-state index is 2.44. The minimum absolute atomic E-state index is 1.28. The minimum atomic E-state index is 1.28. The van der Waals surface area contributed by atoms with Crippen LogP contribution in [0, 0.1) is 0 Å². The lowest BCUT2D eigenvalue weighted by molar-refractivity contribution is 0.620. The molecule has 0 radical (unpaired) electrons. The summed E-state index contributed by atoms with van der Waals surface area (Å²) in [5.74, 6) is 0. The second kappa shape index (κ2) is 26.2. The van der Waals surface area contributed by atoms with E-state index in [1.54, 1.807) is 0 Å². The van der Waals surface area contributed by atoms with E-state index in [2.05, 4.69) is 48.6 Å². The van der Waals surface area contributed by atoms with Gasteiger partial charge in [-0.15, -0.1) is 0 Å². The van der Waals surface area contributed by atoms with Crippen LogP contribution in [0.15, 0.2) is 48.6 Å². The first kappa shape index (κ1) is 29.0. The maximum atomic E-state index is 2.44. The highest BCUT2D eigenvalue weighted by molar-refractivity contribution is 4.84. The zero-order valence-corrected chi connectivity index (χ0v) is 21.6. The third kappa shape index (κ3) is 23.6. The van der Waals surface area contributed by atoms with Crippen molar-refractivity contribution in [3.8, 4) is 0 Å². The summed E-state index contributed by atoms with van der Waals surface area (Å²) in [5.41, 5.74) is 0. The number of rotatable bonds is 0. The molecule has 0 atom stereocenters. The fourth-order valence-electron chi connectivity index (χ4n) is 4.45. The Balaban J connectivity index is 2.13. The molecule has 0 aromatic heterocycles. The molecule has 0 saturated heterocycles. The molecule has 1 aliphatic rings. The normalized spacial score (nSPS) is 25.0. The fourth-order valence-corrected chi connectivity index (χ4v) is 4.45. The van der Waals surface area contributed by atoms with Gasteiger partial charge in [-0.2, -0.15) is 0 Å². The Kier molecular flexibility index (Phi) is 23.8. The van der Waals surface area contributed by atoms with Crippen LogP contribution in [-0.2, 0) is 0 Å². The lowest BCUT2D eigenvalue weighted by Gasteiger charge is -2.00. The predicted molar refractivity (Wildman–Crippen MR) is 147 cm³/mol. The Hall–Kier alpha value is -1.04. The lowest BCUT2D eigenvalue weighted by atomic mass is 10.1. The molecule has 0 nitrogen and oxygen atoms in total. The molecule has 0 aliphatic heterocycles. The predicted octanol–water partition coefficient (Wildman–Crippen LogP) is 11.6. The molecule has 0 unspecified atom stereocenters. The summed E-state index contributed by atoms with van der Waals surface area (Å²) >= 11 is 0. The van der Waals surface area contributed by atoms with Crippen molar-refractivity contribution in [2.24, 2.45) is 0 Å². The van der Waals surface area contributed by atoms with Crippen LogP contribution in [0.3, 0.4) is 0 Å².